The number of rotatable bonds is 6. The van der Waals surface area contributed by atoms with Crippen molar-refractivity contribution in [1.82, 2.24) is 19.9 Å². The third-order valence-corrected chi connectivity index (χ3v) is 11.7. The molecule has 7 aromatic carbocycles. The second-order valence-corrected chi connectivity index (χ2v) is 14.9. The van der Waals surface area contributed by atoms with Gasteiger partial charge in [-0.3, -0.25) is 4.98 Å². The molecule has 262 valence electrons. The van der Waals surface area contributed by atoms with Crippen molar-refractivity contribution < 1.29 is 4.42 Å². The quantitative estimate of drug-likeness (QED) is 0.170. The number of hydrogen-bond donors (Lipinski definition) is 0. The first-order valence-electron chi connectivity index (χ1n) is 18.5. The summed E-state index contributed by atoms with van der Waals surface area (Å²) in [6.45, 7) is 0. The van der Waals surface area contributed by atoms with Gasteiger partial charge in [-0.05, 0) is 46.5 Å². The lowest BCUT2D eigenvalue weighted by atomic mass is 9.93. The largest absolute Gasteiger partial charge is 0.455 e. The van der Waals surface area contributed by atoms with Gasteiger partial charge in [0.15, 0.2) is 17.5 Å². The van der Waals surface area contributed by atoms with E-state index < -0.39 is 0 Å². The number of thiophene rings is 1. The molecule has 0 unspecified atom stereocenters. The third kappa shape index (κ3) is 5.46. The van der Waals surface area contributed by atoms with Crippen molar-refractivity contribution in [2.75, 3.05) is 0 Å². The van der Waals surface area contributed by atoms with Gasteiger partial charge in [-0.25, -0.2) is 15.0 Å². The Labute approximate surface area is 326 Å². The summed E-state index contributed by atoms with van der Waals surface area (Å²) in [7, 11) is 0. The van der Waals surface area contributed by atoms with Gasteiger partial charge in [0.25, 0.3) is 0 Å². The molecule has 0 saturated carbocycles. The van der Waals surface area contributed by atoms with Crippen LogP contribution in [0.15, 0.2) is 187 Å². The number of pyridine rings is 1. The van der Waals surface area contributed by atoms with Crippen molar-refractivity contribution in [3.05, 3.63) is 182 Å². The normalized spacial score (nSPS) is 11.6. The van der Waals surface area contributed by atoms with Gasteiger partial charge in [0.1, 0.15) is 11.2 Å². The predicted molar refractivity (Wildman–Crippen MR) is 230 cm³/mol. The summed E-state index contributed by atoms with van der Waals surface area (Å²) in [6, 6.07) is 58.9. The molecule has 0 aliphatic heterocycles. The molecule has 0 radical (unpaired) electrons. The summed E-state index contributed by atoms with van der Waals surface area (Å²) in [5, 5.41) is 4.80. The number of benzene rings is 7. The number of fused-ring (bicyclic) bond motifs is 6. The molecule has 56 heavy (non-hydrogen) atoms. The van der Waals surface area contributed by atoms with Crippen molar-refractivity contribution >= 4 is 53.4 Å². The molecular weight excluding hydrogens is 705 g/mol. The minimum atomic E-state index is 0.609. The van der Waals surface area contributed by atoms with Gasteiger partial charge in [-0.1, -0.05) is 146 Å². The number of aromatic nitrogens is 4. The third-order valence-electron chi connectivity index (χ3n) is 10.5. The molecule has 0 fully saturated rings. The van der Waals surface area contributed by atoms with Crippen LogP contribution in [-0.4, -0.2) is 19.9 Å². The number of para-hydroxylation sites is 1. The highest BCUT2D eigenvalue weighted by Gasteiger charge is 2.20. The fraction of sp³-hybridized carbons (Fsp3) is 0. The first-order valence-corrected chi connectivity index (χ1v) is 19.3. The Hall–Kier alpha value is -7.28. The molecule has 0 saturated heterocycles. The van der Waals surface area contributed by atoms with Gasteiger partial charge < -0.3 is 4.42 Å². The van der Waals surface area contributed by atoms with Gasteiger partial charge in [0.2, 0.25) is 0 Å². The molecule has 4 heterocycles. The standard InChI is InChI=1S/C50H30N4OS/c1-2-10-33(11-3-1)48-52-49(34-23-19-31(20-24-34)36-12-9-29-51-30-36)54-50(53-48)35-25-21-32(22-26-35)37-27-28-39(45-42-14-4-6-17-43(42)55-46(37)45)41-16-8-15-40-38-13-5-7-18-44(38)56-47(40)41/h1-30H. The first kappa shape index (κ1) is 32.2. The Morgan fingerprint density at radius 2 is 0.982 bits per heavy atom. The van der Waals surface area contributed by atoms with Crippen LogP contribution in [0.3, 0.4) is 0 Å². The first-order chi connectivity index (χ1) is 27.7. The van der Waals surface area contributed by atoms with Crippen molar-refractivity contribution in [3.8, 4) is 67.5 Å². The summed E-state index contributed by atoms with van der Waals surface area (Å²) < 4.78 is 9.30. The summed E-state index contributed by atoms with van der Waals surface area (Å²) in [6.07, 6.45) is 3.65. The monoisotopic (exact) mass is 734 g/mol. The number of hydrogen-bond acceptors (Lipinski definition) is 6. The van der Waals surface area contributed by atoms with Crippen LogP contribution in [0.2, 0.25) is 0 Å². The summed E-state index contributed by atoms with van der Waals surface area (Å²) >= 11 is 1.85. The van der Waals surface area contributed by atoms with Crippen LogP contribution in [-0.2, 0) is 0 Å². The molecule has 4 aromatic heterocycles. The lowest BCUT2D eigenvalue weighted by molar-refractivity contribution is 0.670. The van der Waals surface area contributed by atoms with Crippen molar-refractivity contribution in [2.45, 2.75) is 0 Å². The Kier molecular flexibility index (Phi) is 7.60. The van der Waals surface area contributed by atoms with E-state index in [2.05, 4.69) is 132 Å². The van der Waals surface area contributed by atoms with Crippen molar-refractivity contribution in [3.63, 3.8) is 0 Å². The van der Waals surface area contributed by atoms with Gasteiger partial charge in [0.05, 0.1) is 0 Å². The lowest BCUT2D eigenvalue weighted by Crippen LogP contribution is -2.00. The summed E-state index contributed by atoms with van der Waals surface area (Å²) in [4.78, 5) is 19.2. The van der Waals surface area contributed by atoms with Crippen molar-refractivity contribution in [1.29, 1.82) is 0 Å². The van der Waals surface area contributed by atoms with Crippen LogP contribution in [0.1, 0.15) is 0 Å². The maximum absolute atomic E-state index is 6.72. The summed E-state index contributed by atoms with van der Waals surface area (Å²) in [5.74, 6) is 1.85. The Bertz CT molecular complexity index is 3230. The molecule has 11 rings (SSSR count). The van der Waals surface area contributed by atoms with E-state index in [4.69, 9.17) is 19.4 Å². The molecule has 0 amide bonds. The topological polar surface area (TPSA) is 64.7 Å². The van der Waals surface area contributed by atoms with E-state index in [1.807, 2.05) is 60.0 Å². The molecular formula is C50H30N4OS. The average Bonchev–Trinajstić information content (AvgIpc) is 3.86. The molecule has 0 atom stereocenters. The van der Waals surface area contributed by atoms with Crippen LogP contribution in [0.25, 0.3) is 110 Å². The van der Waals surface area contributed by atoms with Gasteiger partial charge in [-0.2, -0.15) is 0 Å². The molecule has 11 aromatic rings. The minimum absolute atomic E-state index is 0.609. The zero-order chi connectivity index (χ0) is 37.0. The van der Waals surface area contributed by atoms with Crippen LogP contribution >= 0.6 is 11.3 Å². The fourth-order valence-corrected chi connectivity index (χ4v) is 8.96. The number of nitrogens with zero attached hydrogens (tertiary/aromatic N) is 4. The summed E-state index contributed by atoms with van der Waals surface area (Å²) in [5.41, 5.74) is 11.1. The Balaban J connectivity index is 1.02. The van der Waals surface area contributed by atoms with E-state index in [0.29, 0.717) is 17.5 Å². The maximum atomic E-state index is 6.72. The Morgan fingerprint density at radius 1 is 0.393 bits per heavy atom. The van der Waals surface area contributed by atoms with E-state index in [0.717, 1.165) is 60.9 Å². The molecule has 6 heteroatoms. The number of furan rings is 1. The molecule has 5 nitrogen and oxygen atoms in total. The predicted octanol–water partition coefficient (Wildman–Crippen LogP) is 13.5. The minimum Gasteiger partial charge on any atom is -0.455 e. The highest BCUT2D eigenvalue weighted by molar-refractivity contribution is 7.26. The fourth-order valence-electron chi connectivity index (χ4n) is 7.73. The SMILES string of the molecule is c1ccc(-c2nc(-c3ccc(-c4cccnc4)cc3)nc(-c3ccc(-c4ccc(-c5cccc6c5sc5ccccc56)c5c4oc4ccccc45)cc3)n2)cc1. The highest BCUT2D eigenvalue weighted by atomic mass is 32.1. The molecule has 0 N–H and O–H groups in total. The molecule has 0 aliphatic rings. The van der Waals surface area contributed by atoms with Crippen molar-refractivity contribution in [2.24, 2.45) is 0 Å². The van der Waals surface area contributed by atoms with E-state index in [-0.39, 0.29) is 0 Å². The average molecular weight is 735 g/mol. The molecule has 0 aliphatic carbocycles. The van der Waals surface area contributed by atoms with E-state index in [1.165, 1.54) is 31.3 Å². The lowest BCUT2D eigenvalue weighted by Gasteiger charge is -2.11. The van der Waals surface area contributed by atoms with Crippen LogP contribution in [0.5, 0.6) is 0 Å². The van der Waals surface area contributed by atoms with Gasteiger partial charge in [0, 0.05) is 71.2 Å². The maximum Gasteiger partial charge on any atom is 0.164 e. The van der Waals surface area contributed by atoms with E-state index in [9.17, 15) is 0 Å². The van der Waals surface area contributed by atoms with E-state index in [1.54, 1.807) is 6.20 Å². The molecule has 0 spiro atoms. The zero-order valence-corrected chi connectivity index (χ0v) is 30.7. The van der Waals surface area contributed by atoms with Gasteiger partial charge >= 0.3 is 0 Å². The second-order valence-electron chi connectivity index (χ2n) is 13.8. The van der Waals surface area contributed by atoms with Gasteiger partial charge in [-0.15, -0.1) is 11.3 Å². The van der Waals surface area contributed by atoms with Crippen LogP contribution in [0.4, 0.5) is 0 Å². The Morgan fingerprint density at radius 3 is 1.71 bits per heavy atom. The second kappa shape index (κ2) is 13.2. The highest BCUT2D eigenvalue weighted by Crippen LogP contribution is 2.46. The van der Waals surface area contributed by atoms with Crippen LogP contribution in [0, 0.1) is 0 Å². The van der Waals surface area contributed by atoms with Crippen LogP contribution < -0.4 is 0 Å². The smallest absolute Gasteiger partial charge is 0.164 e. The zero-order valence-electron chi connectivity index (χ0n) is 29.9. The van der Waals surface area contributed by atoms with E-state index >= 15 is 0 Å². The molecule has 0 bridgehead atoms.